The van der Waals surface area contributed by atoms with Crippen LogP contribution in [-0.2, 0) is 10.0 Å². The summed E-state index contributed by atoms with van der Waals surface area (Å²) in [5.74, 6) is -0.179. The first-order chi connectivity index (χ1) is 12.4. The van der Waals surface area contributed by atoms with Gasteiger partial charge in [-0.15, -0.1) is 0 Å². The zero-order chi connectivity index (χ0) is 19.2. The van der Waals surface area contributed by atoms with Crippen LogP contribution in [0.5, 0.6) is 5.75 Å². The van der Waals surface area contributed by atoms with Gasteiger partial charge < -0.3 is 10.1 Å². The molecule has 140 valence electrons. The molecule has 26 heavy (non-hydrogen) atoms. The third-order valence-corrected chi connectivity index (χ3v) is 5.27. The Labute approximate surface area is 158 Å². The number of hydrogen-bond donors (Lipinski definition) is 2. The first-order valence-electron chi connectivity index (χ1n) is 8.12. The van der Waals surface area contributed by atoms with Gasteiger partial charge >= 0.3 is 0 Å². The molecule has 6 nitrogen and oxygen atoms in total. The van der Waals surface area contributed by atoms with Crippen molar-refractivity contribution in [3.05, 3.63) is 53.1 Å². The number of anilines is 1. The van der Waals surface area contributed by atoms with Crippen molar-refractivity contribution in [2.24, 2.45) is 0 Å². The lowest BCUT2D eigenvalue weighted by molar-refractivity contribution is 0.0954. The van der Waals surface area contributed by atoms with E-state index >= 15 is 0 Å². The number of amides is 1. The Hall–Kier alpha value is -2.25. The second kappa shape index (κ2) is 8.91. The molecule has 0 aliphatic heterocycles. The highest BCUT2D eigenvalue weighted by Gasteiger charge is 2.22. The van der Waals surface area contributed by atoms with Crippen molar-refractivity contribution in [3.63, 3.8) is 0 Å². The van der Waals surface area contributed by atoms with Gasteiger partial charge in [-0.25, -0.2) is 8.42 Å². The molecule has 0 unspecified atom stereocenters. The number of nitrogens with one attached hydrogen (secondary N) is 2. The third-order valence-electron chi connectivity index (χ3n) is 3.65. The fraction of sp³-hybridized carbons (Fsp3) is 0.278. The Morgan fingerprint density at radius 1 is 1.19 bits per heavy atom. The standard InChI is InChI=1S/C18H21ClN2O4S/c1-3-4-11-20-18(22)14-7-5-6-8-15(14)21-26(23,24)17-12-13(19)9-10-16(17)25-2/h5-10,12,21H,3-4,11H2,1-2H3,(H,20,22). The smallest absolute Gasteiger partial charge is 0.265 e. The first kappa shape index (κ1) is 20.1. The Morgan fingerprint density at radius 3 is 2.62 bits per heavy atom. The molecule has 2 N–H and O–H groups in total. The minimum absolute atomic E-state index is 0.103. The number of rotatable bonds is 8. The SMILES string of the molecule is CCCCNC(=O)c1ccccc1NS(=O)(=O)c1cc(Cl)ccc1OC. The molecule has 0 saturated heterocycles. The molecule has 0 fully saturated rings. The van der Waals surface area contributed by atoms with Crippen molar-refractivity contribution in [2.75, 3.05) is 18.4 Å². The van der Waals surface area contributed by atoms with E-state index in [0.717, 1.165) is 12.8 Å². The molecular formula is C18H21ClN2O4S. The molecule has 0 aromatic heterocycles. The normalized spacial score (nSPS) is 11.0. The average Bonchev–Trinajstić information content (AvgIpc) is 2.62. The molecular weight excluding hydrogens is 376 g/mol. The van der Waals surface area contributed by atoms with E-state index in [1.807, 2.05) is 6.92 Å². The van der Waals surface area contributed by atoms with Gasteiger partial charge in [0.25, 0.3) is 15.9 Å². The Kier molecular flexibility index (Phi) is 6.88. The van der Waals surface area contributed by atoms with E-state index in [-0.39, 0.29) is 32.8 Å². The number of carbonyl (C=O) groups is 1. The van der Waals surface area contributed by atoms with Crippen molar-refractivity contribution in [1.82, 2.24) is 5.32 Å². The van der Waals surface area contributed by atoms with Crippen LogP contribution in [0, 0.1) is 0 Å². The summed E-state index contributed by atoms with van der Waals surface area (Å²) in [6.45, 7) is 2.55. The number of ether oxygens (including phenoxy) is 1. The first-order valence-corrected chi connectivity index (χ1v) is 9.98. The van der Waals surface area contributed by atoms with Crippen molar-refractivity contribution >= 4 is 33.2 Å². The van der Waals surface area contributed by atoms with Crippen molar-refractivity contribution in [3.8, 4) is 5.75 Å². The molecule has 2 rings (SSSR count). The summed E-state index contributed by atoms with van der Waals surface area (Å²) in [6.07, 6.45) is 1.79. The van der Waals surface area contributed by atoms with Crippen molar-refractivity contribution in [1.29, 1.82) is 0 Å². The van der Waals surface area contributed by atoms with Gasteiger partial charge in [0.15, 0.2) is 0 Å². The summed E-state index contributed by atoms with van der Waals surface area (Å²) in [6, 6.07) is 10.7. The van der Waals surface area contributed by atoms with Gasteiger partial charge in [-0.05, 0) is 36.8 Å². The van der Waals surface area contributed by atoms with E-state index in [4.69, 9.17) is 16.3 Å². The van der Waals surface area contributed by atoms with Crippen LogP contribution in [0.1, 0.15) is 30.1 Å². The number of sulfonamides is 1. The molecule has 2 aromatic rings. The maximum atomic E-state index is 12.8. The monoisotopic (exact) mass is 396 g/mol. The molecule has 0 aliphatic carbocycles. The zero-order valence-corrected chi connectivity index (χ0v) is 16.2. The van der Waals surface area contributed by atoms with Crippen LogP contribution in [0.3, 0.4) is 0 Å². The van der Waals surface area contributed by atoms with Crippen LogP contribution in [0.25, 0.3) is 0 Å². The molecule has 0 aliphatic rings. The quantitative estimate of drug-likeness (QED) is 0.666. The van der Waals surface area contributed by atoms with E-state index in [1.54, 1.807) is 18.2 Å². The van der Waals surface area contributed by atoms with Crippen LogP contribution in [0.4, 0.5) is 5.69 Å². The number of para-hydroxylation sites is 1. The van der Waals surface area contributed by atoms with Gasteiger partial charge in [-0.1, -0.05) is 37.1 Å². The number of unbranched alkanes of at least 4 members (excludes halogenated alkanes) is 1. The molecule has 8 heteroatoms. The van der Waals surface area contributed by atoms with Crippen LogP contribution in [0.15, 0.2) is 47.4 Å². The van der Waals surface area contributed by atoms with E-state index in [9.17, 15) is 13.2 Å². The summed E-state index contributed by atoms with van der Waals surface area (Å²) in [5, 5.41) is 3.04. The number of hydrogen-bond acceptors (Lipinski definition) is 4. The topological polar surface area (TPSA) is 84.5 Å². The van der Waals surface area contributed by atoms with Crippen LogP contribution in [-0.4, -0.2) is 28.0 Å². The predicted octanol–water partition coefficient (Wildman–Crippen LogP) is 3.68. The fourth-order valence-electron chi connectivity index (χ4n) is 2.30. The molecule has 1 amide bonds. The Bertz CT molecular complexity index is 885. The number of benzene rings is 2. The van der Waals surface area contributed by atoms with Crippen LogP contribution in [0.2, 0.25) is 5.02 Å². The maximum absolute atomic E-state index is 12.8. The van der Waals surface area contributed by atoms with Crippen LogP contribution >= 0.6 is 11.6 Å². The molecule has 0 spiro atoms. The molecule has 2 aromatic carbocycles. The summed E-state index contributed by atoms with van der Waals surface area (Å²) in [4.78, 5) is 12.2. The number of halogens is 1. The van der Waals surface area contributed by atoms with Gasteiger partial charge in [0.1, 0.15) is 10.6 Å². The highest BCUT2D eigenvalue weighted by atomic mass is 35.5. The number of methoxy groups -OCH3 is 1. The van der Waals surface area contributed by atoms with Gasteiger partial charge in [0.05, 0.1) is 18.4 Å². The third kappa shape index (κ3) is 4.89. The minimum atomic E-state index is -4.00. The van der Waals surface area contributed by atoms with E-state index < -0.39 is 10.0 Å². The molecule has 0 radical (unpaired) electrons. The van der Waals surface area contributed by atoms with Gasteiger partial charge in [-0.3, -0.25) is 9.52 Å². The lowest BCUT2D eigenvalue weighted by Gasteiger charge is -2.14. The minimum Gasteiger partial charge on any atom is -0.495 e. The molecule has 0 bridgehead atoms. The van der Waals surface area contributed by atoms with Crippen LogP contribution < -0.4 is 14.8 Å². The lowest BCUT2D eigenvalue weighted by atomic mass is 10.1. The summed E-state index contributed by atoms with van der Waals surface area (Å²) in [5.41, 5.74) is 0.428. The fourth-order valence-corrected chi connectivity index (χ4v) is 3.82. The summed E-state index contributed by atoms with van der Waals surface area (Å²) < 4.78 is 33.1. The molecule has 0 saturated carbocycles. The van der Waals surface area contributed by atoms with Gasteiger partial charge in [-0.2, -0.15) is 0 Å². The highest BCUT2D eigenvalue weighted by Crippen LogP contribution is 2.29. The number of carbonyl (C=O) groups excluding carboxylic acids is 1. The summed E-state index contributed by atoms with van der Waals surface area (Å²) >= 11 is 5.92. The van der Waals surface area contributed by atoms with Crippen molar-refractivity contribution < 1.29 is 17.9 Å². The van der Waals surface area contributed by atoms with Crippen molar-refractivity contribution in [2.45, 2.75) is 24.7 Å². The molecule has 0 heterocycles. The van der Waals surface area contributed by atoms with E-state index in [2.05, 4.69) is 10.0 Å². The Balaban J connectivity index is 2.33. The second-order valence-electron chi connectivity index (χ2n) is 5.56. The van der Waals surface area contributed by atoms with Gasteiger partial charge in [0, 0.05) is 11.6 Å². The maximum Gasteiger partial charge on any atom is 0.265 e. The average molecular weight is 397 g/mol. The molecule has 0 atom stereocenters. The zero-order valence-electron chi connectivity index (χ0n) is 14.6. The highest BCUT2D eigenvalue weighted by molar-refractivity contribution is 7.92. The van der Waals surface area contributed by atoms with E-state index in [1.165, 1.54) is 31.4 Å². The van der Waals surface area contributed by atoms with Gasteiger partial charge in [0.2, 0.25) is 0 Å². The summed E-state index contributed by atoms with van der Waals surface area (Å²) in [7, 11) is -2.63. The second-order valence-corrected chi connectivity index (χ2v) is 7.64. The predicted molar refractivity (Wildman–Crippen MR) is 102 cm³/mol. The van der Waals surface area contributed by atoms with E-state index in [0.29, 0.717) is 6.54 Å². The largest absolute Gasteiger partial charge is 0.495 e. The lowest BCUT2D eigenvalue weighted by Crippen LogP contribution is -2.26. The Morgan fingerprint density at radius 2 is 1.92 bits per heavy atom.